The molecular weight excluding hydrogens is 458 g/mol. The van der Waals surface area contributed by atoms with Gasteiger partial charge in [-0.25, -0.2) is 23.1 Å². The van der Waals surface area contributed by atoms with Crippen molar-refractivity contribution in [3.8, 4) is 17.3 Å². The Balaban J connectivity index is 1.78. The molecule has 0 unspecified atom stereocenters. The van der Waals surface area contributed by atoms with Crippen molar-refractivity contribution in [3.63, 3.8) is 0 Å². The number of hydrogen-bond donors (Lipinski definition) is 2. The SMILES string of the molecule is COc1cccc(-c2ccc(C(=O)NS(=O)(=O)c3ccc[nH]c3=O)c(N3[C@H](C)CC[C@@H]3C)n2)n1. The molecule has 1 saturated heterocycles. The van der Waals surface area contributed by atoms with Gasteiger partial charge in [0.1, 0.15) is 5.82 Å². The topological polar surface area (TPSA) is 134 Å². The lowest BCUT2D eigenvalue weighted by molar-refractivity contribution is 0.0981. The number of aromatic amines is 1. The summed E-state index contributed by atoms with van der Waals surface area (Å²) in [6, 6.07) is 11.1. The molecule has 3 aromatic rings. The number of nitrogens with one attached hydrogen (secondary N) is 2. The first-order valence-electron chi connectivity index (χ1n) is 10.8. The maximum absolute atomic E-state index is 13.2. The summed E-state index contributed by atoms with van der Waals surface area (Å²) in [5.74, 6) is -0.0961. The summed E-state index contributed by atoms with van der Waals surface area (Å²) in [5, 5.41) is 0. The Bertz CT molecular complexity index is 1380. The van der Waals surface area contributed by atoms with Crippen LogP contribution in [0.3, 0.4) is 0 Å². The summed E-state index contributed by atoms with van der Waals surface area (Å²) in [6.45, 7) is 4.06. The van der Waals surface area contributed by atoms with Crippen LogP contribution in [0.1, 0.15) is 37.0 Å². The average Bonchev–Trinajstić information content (AvgIpc) is 3.16. The molecule has 3 aromatic heterocycles. The Morgan fingerprint density at radius 2 is 1.76 bits per heavy atom. The van der Waals surface area contributed by atoms with E-state index in [4.69, 9.17) is 9.72 Å². The van der Waals surface area contributed by atoms with E-state index in [0.29, 0.717) is 23.1 Å². The quantitative estimate of drug-likeness (QED) is 0.546. The Morgan fingerprint density at radius 3 is 2.44 bits per heavy atom. The van der Waals surface area contributed by atoms with Gasteiger partial charge in [-0.2, -0.15) is 0 Å². The second kappa shape index (κ2) is 9.26. The van der Waals surface area contributed by atoms with Crippen LogP contribution in [0.25, 0.3) is 11.4 Å². The first-order chi connectivity index (χ1) is 16.2. The van der Waals surface area contributed by atoms with E-state index in [2.05, 4.69) is 9.97 Å². The van der Waals surface area contributed by atoms with Crippen molar-refractivity contribution in [1.82, 2.24) is 19.7 Å². The molecule has 0 radical (unpaired) electrons. The van der Waals surface area contributed by atoms with Crippen molar-refractivity contribution >= 4 is 21.7 Å². The first-order valence-corrected chi connectivity index (χ1v) is 12.2. The Hall–Kier alpha value is -3.73. The lowest BCUT2D eigenvalue weighted by Gasteiger charge is -2.29. The number of rotatable bonds is 6. The molecule has 34 heavy (non-hydrogen) atoms. The molecule has 1 amide bonds. The van der Waals surface area contributed by atoms with Crippen LogP contribution in [0.2, 0.25) is 0 Å². The summed E-state index contributed by atoms with van der Waals surface area (Å²) >= 11 is 0. The van der Waals surface area contributed by atoms with Gasteiger partial charge >= 0.3 is 0 Å². The third kappa shape index (κ3) is 4.51. The van der Waals surface area contributed by atoms with Gasteiger partial charge in [0.2, 0.25) is 5.88 Å². The Kier molecular flexibility index (Phi) is 6.38. The number of nitrogens with zero attached hydrogens (tertiary/aromatic N) is 3. The number of pyridine rings is 3. The second-order valence-corrected chi connectivity index (χ2v) is 9.76. The zero-order valence-corrected chi connectivity index (χ0v) is 19.8. The van der Waals surface area contributed by atoms with E-state index in [-0.39, 0.29) is 17.6 Å². The molecule has 0 aliphatic carbocycles. The minimum absolute atomic E-state index is 0.0863. The maximum atomic E-state index is 13.2. The summed E-state index contributed by atoms with van der Waals surface area (Å²) in [6.07, 6.45) is 3.12. The highest BCUT2D eigenvalue weighted by molar-refractivity contribution is 7.90. The third-order valence-corrected chi connectivity index (χ3v) is 7.16. The van der Waals surface area contributed by atoms with Crippen molar-refractivity contribution in [2.75, 3.05) is 12.0 Å². The van der Waals surface area contributed by atoms with E-state index in [0.717, 1.165) is 18.9 Å². The zero-order valence-electron chi connectivity index (χ0n) is 19.0. The van der Waals surface area contributed by atoms with E-state index in [9.17, 15) is 18.0 Å². The molecule has 178 valence electrons. The molecule has 11 heteroatoms. The zero-order chi connectivity index (χ0) is 24.5. The normalized spacial score (nSPS) is 18.0. The molecule has 1 aliphatic rings. The van der Waals surface area contributed by atoms with Crippen molar-refractivity contribution in [1.29, 1.82) is 0 Å². The number of hydrogen-bond acceptors (Lipinski definition) is 8. The molecule has 4 heterocycles. The summed E-state index contributed by atoms with van der Waals surface area (Å²) in [5.41, 5.74) is 0.333. The lowest BCUT2D eigenvalue weighted by Crippen LogP contribution is -2.38. The number of methoxy groups -OCH3 is 1. The van der Waals surface area contributed by atoms with Gasteiger partial charge in [0.25, 0.3) is 21.5 Å². The van der Waals surface area contributed by atoms with Gasteiger partial charge in [-0.3, -0.25) is 9.59 Å². The molecule has 0 saturated carbocycles. The maximum Gasteiger partial charge on any atom is 0.269 e. The minimum atomic E-state index is -4.40. The third-order valence-electron chi connectivity index (χ3n) is 5.81. The molecule has 2 atom stereocenters. The molecule has 1 aliphatic heterocycles. The van der Waals surface area contributed by atoms with Crippen LogP contribution in [0, 0.1) is 0 Å². The predicted octanol–water partition coefficient (Wildman–Crippen LogP) is 2.34. The number of aromatic nitrogens is 3. The van der Waals surface area contributed by atoms with Crippen molar-refractivity contribution in [2.24, 2.45) is 0 Å². The fourth-order valence-electron chi connectivity index (χ4n) is 4.10. The van der Waals surface area contributed by atoms with Crippen molar-refractivity contribution in [2.45, 2.75) is 43.7 Å². The van der Waals surface area contributed by atoms with Gasteiger partial charge in [-0.1, -0.05) is 6.07 Å². The molecule has 0 aromatic carbocycles. The van der Waals surface area contributed by atoms with Crippen molar-refractivity contribution < 1.29 is 17.9 Å². The number of amides is 1. The monoisotopic (exact) mass is 483 g/mol. The van der Waals surface area contributed by atoms with E-state index >= 15 is 0 Å². The van der Waals surface area contributed by atoms with Gasteiger partial charge in [0, 0.05) is 24.3 Å². The standard InChI is InChI=1S/C23H25N5O5S/c1-14-9-10-15(2)28(14)21-16(11-12-18(26-21)17-6-4-8-20(25-17)33-3)22(29)27-34(31,32)19-7-5-13-24-23(19)30/h4-8,11-15H,9-10H2,1-3H3,(H,24,30)(H,27,29)/t14-,15+. The number of H-pyrrole nitrogens is 1. The van der Waals surface area contributed by atoms with E-state index < -0.39 is 26.4 Å². The average molecular weight is 484 g/mol. The number of carbonyl (C=O) groups excluding carboxylic acids is 1. The van der Waals surface area contributed by atoms with Gasteiger partial charge < -0.3 is 14.6 Å². The van der Waals surface area contributed by atoms with Crippen molar-refractivity contribution in [3.05, 3.63) is 64.6 Å². The van der Waals surface area contributed by atoms with Crippen LogP contribution in [0.5, 0.6) is 5.88 Å². The highest BCUT2D eigenvalue weighted by Gasteiger charge is 2.33. The molecule has 2 N–H and O–H groups in total. The number of anilines is 1. The lowest BCUT2D eigenvalue weighted by atomic mass is 10.1. The highest BCUT2D eigenvalue weighted by Crippen LogP contribution is 2.33. The first kappa shape index (κ1) is 23.4. The van der Waals surface area contributed by atoms with Gasteiger partial charge in [-0.05, 0) is 57.0 Å². The number of sulfonamides is 1. The van der Waals surface area contributed by atoms with E-state index in [1.807, 2.05) is 23.5 Å². The predicted molar refractivity (Wildman–Crippen MR) is 126 cm³/mol. The minimum Gasteiger partial charge on any atom is -0.481 e. The van der Waals surface area contributed by atoms with Crippen LogP contribution >= 0.6 is 0 Å². The second-order valence-electron chi connectivity index (χ2n) is 8.11. The van der Waals surface area contributed by atoms with Crippen LogP contribution in [-0.2, 0) is 10.0 Å². The smallest absolute Gasteiger partial charge is 0.269 e. The molecule has 0 spiro atoms. The van der Waals surface area contributed by atoms with Crippen LogP contribution in [-0.4, -0.2) is 48.5 Å². The van der Waals surface area contributed by atoms with Gasteiger partial charge in [0.05, 0.1) is 24.1 Å². The highest BCUT2D eigenvalue weighted by atomic mass is 32.2. The number of ether oxygens (including phenoxy) is 1. The summed E-state index contributed by atoms with van der Waals surface area (Å²) in [4.78, 5) is 38.1. The Labute approximate surface area is 197 Å². The molecule has 4 rings (SSSR count). The van der Waals surface area contributed by atoms with Crippen LogP contribution in [0.4, 0.5) is 5.82 Å². The summed E-state index contributed by atoms with van der Waals surface area (Å²) in [7, 11) is -2.88. The summed E-state index contributed by atoms with van der Waals surface area (Å²) < 4.78 is 32.7. The largest absolute Gasteiger partial charge is 0.481 e. The van der Waals surface area contributed by atoms with E-state index in [1.54, 1.807) is 24.3 Å². The molecular formula is C23H25N5O5S. The van der Waals surface area contributed by atoms with E-state index in [1.165, 1.54) is 25.4 Å². The number of carbonyl (C=O) groups is 1. The van der Waals surface area contributed by atoms with Crippen LogP contribution < -0.4 is 19.9 Å². The van der Waals surface area contributed by atoms with Gasteiger partial charge in [-0.15, -0.1) is 0 Å². The van der Waals surface area contributed by atoms with Crippen LogP contribution in [0.15, 0.2) is 58.4 Å². The molecule has 10 nitrogen and oxygen atoms in total. The molecule has 1 fully saturated rings. The fraction of sp³-hybridized carbons (Fsp3) is 0.304. The molecule has 0 bridgehead atoms. The Morgan fingerprint density at radius 1 is 1.06 bits per heavy atom. The fourth-order valence-corrected chi connectivity index (χ4v) is 5.12. The van der Waals surface area contributed by atoms with Gasteiger partial charge in [0.15, 0.2) is 4.90 Å².